The number of hydrogen-bond donors (Lipinski definition) is 0. The maximum absolute atomic E-state index is 2.58. The Kier molecular flexibility index (Phi) is 18.7. The topological polar surface area (TPSA) is 0 Å². The second-order valence-corrected chi connectivity index (χ2v) is 41.2. The molecule has 10 saturated carbocycles. The second-order valence-electron chi connectivity index (χ2n) is 41.2. The Morgan fingerprint density at radius 2 is 0.413 bits per heavy atom. The lowest BCUT2D eigenvalue weighted by Crippen LogP contribution is -2.22. The van der Waals surface area contributed by atoms with Gasteiger partial charge in [-0.2, -0.15) is 0 Å². The van der Waals surface area contributed by atoms with Gasteiger partial charge in [0.2, 0.25) is 0 Å². The Bertz CT molecular complexity index is 4000. The largest absolute Gasteiger partial charge is 0.0851 e. The van der Waals surface area contributed by atoms with Crippen molar-refractivity contribution >= 4 is 0 Å². The SMILES string of the molecule is C1=CC2CC1CC2CC(CC1CC2C=CC1C2)CC1CC2C=CC1C2.C1=CC2CC1CC2CCCC1CC2C=CC1C2.C1=CC2CC1CC2c1ccc(C(c2ccc(C3CC4C=CC3C4)cc2)c2ccc(C3CC4C=CC3C4)cc2)cc1.C1=CC2CC1CC2c1ccc(Cc2ccc(C3CC4C=CC3C4)cc2)cc1. The van der Waals surface area contributed by atoms with Crippen LogP contribution in [-0.4, -0.2) is 0 Å². The Labute approximate surface area is 656 Å². The van der Waals surface area contributed by atoms with Crippen molar-refractivity contribution in [2.45, 2.75) is 209 Å². The minimum atomic E-state index is 0.275. The van der Waals surface area contributed by atoms with E-state index in [0.717, 1.165) is 172 Å². The van der Waals surface area contributed by atoms with E-state index in [-0.39, 0.29) is 5.92 Å². The number of allylic oxidation sites excluding steroid dienone is 20. The molecule has 10 fully saturated rings. The normalized spacial score (nSPS) is 41.9. The van der Waals surface area contributed by atoms with E-state index in [1.54, 1.807) is 47.1 Å². The highest BCUT2D eigenvalue weighted by atomic mass is 14.5. The zero-order valence-corrected chi connectivity index (χ0v) is 65.7. The van der Waals surface area contributed by atoms with Crippen LogP contribution in [0.1, 0.15) is 258 Å². The molecule has 25 rings (SSSR count). The predicted molar refractivity (Wildman–Crippen MR) is 452 cm³/mol. The van der Waals surface area contributed by atoms with Gasteiger partial charge in [0.1, 0.15) is 0 Å². The van der Waals surface area contributed by atoms with Crippen molar-refractivity contribution < 1.29 is 0 Å². The van der Waals surface area contributed by atoms with Crippen LogP contribution in [0.2, 0.25) is 0 Å². The van der Waals surface area contributed by atoms with E-state index in [9.17, 15) is 0 Å². The summed E-state index contributed by atoms with van der Waals surface area (Å²) in [6, 6.07) is 48.4. The molecule has 0 spiro atoms. The van der Waals surface area contributed by atoms with Gasteiger partial charge in [0, 0.05) is 5.92 Å². The summed E-state index contributed by atoms with van der Waals surface area (Å²) in [5.41, 5.74) is 14.9. The van der Waals surface area contributed by atoms with Crippen LogP contribution in [0.5, 0.6) is 0 Å². The molecule has 0 nitrogen and oxygen atoms in total. The summed E-state index contributed by atoms with van der Waals surface area (Å²) in [5.74, 6) is 27.8. The summed E-state index contributed by atoms with van der Waals surface area (Å²) >= 11 is 0. The van der Waals surface area contributed by atoms with Crippen LogP contribution in [0, 0.1) is 154 Å². The van der Waals surface area contributed by atoms with Gasteiger partial charge in [-0.15, -0.1) is 0 Å². The fraction of sp³-hybridized carbons (Fsp3) is 0.541. The van der Waals surface area contributed by atoms with Gasteiger partial charge in [-0.25, -0.2) is 0 Å². The van der Waals surface area contributed by atoms with Crippen molar-refractivity contribution in [3.63, 3.8) is 0 Å². The summed E-state index contributed by atoms with van der Waals surface area (Å²) in [6.07, 6.45) is 88.8. The number of benzene rings is 5. The summed E-state index contributed by atoms with van der Waals surface area (Å²) in [4.78, 5) is 0. The molecule has 0 amide bonds. The van der Waals surface area contributed by atoms with Crippen LogP contribution in [0.4, 0.5) is 0 Å². The van der Waals surface area contributed by atoms with Crippen molar-refractivity contribution in [1.82, 2.24) is 0 Å². The van der Waals surface area contributed by atoms with Crippen LogP contribution in [0.25, 0.3) is 0 Å². The van der Waals surface area contributed by atoms with E-state index in [0.29, 0.717) is 17.8 Å². The van der Waals surface area contributed by atoms with Gasteiger partial charge in [-0.3, -0.25) is 0 Å². The lowest BCUT2D eigenvalue weighted by molar-refractivity contribution is 0.214. The molecular weight excluding hydrogens is 1310 g/mol. The predicted octanol–water partition coefficient (Wildman–Crippen LogP) is 27.5. The van der Waals surface area contributed by atoms with E-state index in [1.807, 2.05) is 0 Å². The molecule has 0 aliphatic heterocycles. The molecule has 0 radical (unpaired) electrons. The first-order valence-corrected chi connectivity index (χ1v) is 46.1. The van der Waals surface area contributed by atoms with E-state index in [2.05, 4.69) is 243 Å². The molecule has 30 unspecified atom stereocenters. The van der Waals surface area contributed by atoms with E-state index >= 15 is 0 Å². The minimum absolute atomic E-state index is 0.275. The van der Waals surface area contributed by atoms with Gasteiger partial charge < -0.3 is 0 Å². The average molecular weight is 1440 g/mol. The fourth-order valence-corrected chi connectivity index (χ4v) is 29.4. The molecule has 0 aromatic heterocycles. The first kappa shape index (κ1) is 69.2. The Morgan fingerprint density at radius 3 is 0.615 bits per heavy atom. The van der Waals surface area contributed by atoms with Crippen molar-refractivity contribution in [1.29, 1.82) is 0 Å². The fourth-order valence-electron chi connectivity index (χ4n) is 29.4. The van der Waals surface area contributed by atoms with Crippen LogP contribution in [0.3, 0.4) is 0 Å². The minimum Gasteiger partial charge on any atom is -0.0851 e. The van der Waals surface area contributed by atoms with Gasteiger partial charge in [0.05, 0.1) is 0 Å². The molecule has 0 heteroatoms. The number of rotatable bonds is 20. The lowest BCUT2D eigenvalue weighted by atomic mass is 9.73. The molecule has 20 aliphatic rings. The highest BCUT2D eigenvalue weighted by Crippen LogP contribution is 2.58. The van der Waals surface area contributed by atoms with Crippen LogP contribution in [-0.2, 0) is 6.42 Å². The highest BCUT2D eigenvalue weighted by Gasteiger charge is 2.46. The third-order valence-electron chi connectivity index (χ3n) is 34.9. The molecule has 5 aromatic carbocycles. The molecule has 30 atom stereocenters. The van der Waals surface area contributed by atoms with Gasteiger partial charge in [0.25, 0.3) is 0 Å². The molecule has 0 heterocycles. The number of hydrogen-bond acceptors (Lipinski definition) is 0. The Morgan fingerprint density at radius 1 is 0.202 bits per heavy atom. The van der Waals surface area contributed by atoms with Crippen LogP contribution < -0.4 is 0 Å². The Balaban J connectivity index is 0.0000000939. The average Bonchev–Trinajstić information content (AvgIpc) is 1.69. The van der Waals surface area contributed by atoms with Crippen molar-refractivity contribution in [3.8, 4) is 0 Å². The zero-order valence-electron chi connectivity index (χ0n) is 65.7. The molecule has 20 aliphatic carbocycles. The zero-order chi connectivity index (χ0) is 71.6. The monoisotopic (exact) mass is 1430 g/mol. The third kappa shape index (κ3) is 14.0. The van der Waals surface area contributed by atoms with Crippen molar-refractivity contribution in [3.05, 3.63) is 298 Å². The summed E-state index contributed by atoms with van der Waals surface area (Å²) in [5, 5.41) is 0. The van der Waals surface area contributed by atoms with E-state index < -0.39 is 0 Å². The van der Waals surface area contributed by atoms with Gasteiger partial charge in [0.15, 0.2) is 0 Å². The molecule has 109 heavy (non-hydrogen) atoms. The van der Waals surface area contributed by atoms with Gasteiger partial charge in [-0.05, 0) is 406 Å². The van der Waals surface area contributed by atoms with E-state index in [1.165, 1.54) is 175 Å². The third-order valence-corrected chi connectivity index (χ3v) is 34.9. The smallest absolute Gasteiger partial charge is 0.0339 e. The lowest BCUT2D eigenvalue weighted by Gasteiger charge is -2.32. The maximum Gasteiger partial charge on any atom is 0.0339 e. The highest BCUT2D eigenvalue weighted by molar-refractivity contribution is 5.48. The van der Waals surface area contributed by atoms with Crippen LogP contribution >= 0.6 is 0 Å². The standard InChI is InChI=1S/C40H40.C27H28.C25H34.C17H24/c1-4-34-19-25(1)22-37(34)28-7-13-31(14-8-28)40(32-15-9-29(10-16-32)38-23-26-2-5-35(38)20-26)33-17-11-30(12-18-33)39-24-27-3-6-36(39)21-27;1-7-22(26-16-20-5-11-24(26)14-20)8-2-18(1)13-19-3-9-23(10-4-19)27-17-21-6-12-25(27)15-21;1-4-20-7-16(1)10-23(20)13-19(14-24-11-17-2-5-21(24)8-17)15-25-12-18-3-6-22(25)9-18;1(2-14-8-12-4-6-16(14)10-12)3-15-9-13-5-7-17(15)11-13/h1-18,25-27,34-40H,19-24H2;1-12,20-21,24-27H,13-17H2;1-6,16-25H,7-15H2;4-7,12-17H,1-3,8-11H2. The molecule has 5 aromatic rings. The molecular formula is C109H126. The maximum atomic E-state index is 2.58. The molecule has 562 valence electrons. The quantitative estimate of drug-likeness (QED) is 0.0538. The van der Waals surface area contributed by atoms with Gasteiger partial charge in [-0.1, -0.05) is 249 Å². The Hall–Kier alpha value is -6.50. The summed E-state index contributed by atoms with van der Waals surface area (Å²) in [7, 11) is 0. The van der Waals surface area contributed by atoms with Crippen LogP contribution in [0.15, 0.2) is 243 Å². The van der Waals surface area contributed by atoms with Crippen molar-refractivity contribution in [2.75, 3.05) is 0 Å². The first-order chi connectivity index (χ1) is 53.7. The molecule has 0 saturated heterocycles. The van der Waals surface area contributed by atoms with Gasteiger partial charge >= 0.3 is 0 Å². The second kappa shape index (κ2) is 29.5. The molecule has 0 N–H and O–H groups in total. The summed E-state index contributed by atoms with van der Waals surface area (Å²) < 4.78 is 0. The van der Waals surface area contributed by atoms with Crippen molar-refractivity contribution in [2.24, 2.45) is 154 Å². The summed E-state index contributed by atoms with van der Waals surface area (Å²) in [6.45, 7) is 0. The number of fused-ring (bicyclic) bond motifs is 20. The van der Waals surface area contributed by atoms with E-state index in [4.69, 9.17) is 0 Å². The molecule has 20 bridgehead atoms. The first-order valence-electron chi connectivity index (χ1n) is 46.1.